The van der Waals surface area contributed by atoms with Gasteiger partial charge < -0.3 is 5.21 Å². The van der Waals surface area contributed by atoms with Gasteiger partial charge in [0.2, 0.25) is 0 Å². The molecule has 0 aromatic carbocycles. The van der Waals surface area contributed by atoms with E-state index < -0.39 is 0 Å². The number of pyridine rings is 1. The first kappa shape index (κ1) is 13.6. The third-order valence-corrected chi connectivity index (χ3v) is 3.53. The Hall–Kier alpha value is -1.84. The van der Waals surface area contributed by atoms with E-state index in [2.05, 4.69) is 5.10 Å². The predicted octanol–water partition coefficient (Wildman–Crippen LogP) is 2.64. The van der Waals surface area contributed by atoms with E-state index in [9.17, 15) is 5.21 Å². The van der Waals surface area contributed by atoms with Crippen molar-refractivity contribution in [2.24, 2.45) is 0 Å². The number of aryl methyl sites for hydroxylation is 4. The lowest BCUT2D eigenvalue weighted by Gasteiger charge is -2.09. The molecule has 0 saturated carbocycles. The first-order chi connectivity index (χ1) is 8.65. The van der Waals surface area contributed by atoms with E-state index in [1.165, 1.54) is 18.4 Å². The highest BCUT2D eigenvalue weighted by atomic mass is 16.5. The zero-order valence-electron chi connectivity index (χ0n) is 10.8. The summed E-state index contributed by atoms with van der Waals surface area (Å²) in [5.74, 6) is 0.620. The number of fused-ring (bicyclic) bond motifs is 1. The summed E-state index contributed by atoms with van der Waals surface area (Å²) in [6.07, 6.45) is 8.16. The van der Waals surface area contributed by atoms with Gasteiger partial charge in [-0.25, -0.2) is 4.73 Å². The van der Waals surface area contributed by atoms with Crippen LogP contribution in [0.25, 0.3) is 5.82 Å². The van der Waals surface area contributed by atoms with E-state index in [1.54, 1.807) is 10.9 Å². The van der Waals surface area contributed by atoms with Crippen molar-refractivity contribution in [3.63, 3.8) is 0 Å². The minimum Gasteiger partial charge on any atom is -0.711 e. The lowest BCUT2D eigenvalue weighted by molar-refractivity contribution is -0.600. The summed E-state index contributed by atoms with van der Waals surface area (Å²) in [4.78, 5) is 0. The Morgan fingerprint density at radius 1 is 1.26 bits per heavy atom. The van der Waals surface area contributed by atoms with Crippen LogP contribution in [0.15, 0.2) is 18.5 Å². The molecular formula is C15H21N3O. The van der Waals surface area contributed by atoms with E-state index in [-0.39, 0.29) is 7.43 Å². The Morgan fingerprint density at radius 2 is 2.00 bits per heavy atom. The Kier molecular flexibility index (Phi) is 3.60. The molecule has 0 atom stereocenters. The number of aromatic nitrogens is 3. The molecule has 1 aliphatic carbocycles. The maximum Gasteiger partial charge on any atom is 0.312 e. The highest BCUT2D eigenvalue weighted by molar-refractivity contribution is 5.32. The molecule has 4 nitrogen and oxygen atoms in total. The second kappa shape index (κ2) is 5.03. The average molecular weight is 259 g/mol. The molecule has 0 unspecified atom stereocenters. The van der Waals surface area contributed by atoms with Crippen LogP contribution in [0.5, 0.6) is 0 Å². The van der Waals surface area contributed by atoms with E-state index in [0.717, 1.165) is 34.4 Å². The monoisotopic (exact) mass is 259 g/mol. The highest BCUT2D eigenvalue weighted by Gasteiger charge is 2.21. The molecule has 4 heteroatoms. The summed E-state index contributed by atoms with van der Waals surface area (Å²) < 4.78 is 2.67. The molecule has 102 valence electrons. The number of nitrogens with zero attached hydrogens (tertiary/aromatic N) is 3. The first-order valence-electron chi connectivity index (χ1n) is 6.43. The van der Waals surface area contributed by atoms with Crippen molar-refractivity contribution in [2.45, 2.75) is 47.0 Å². The Balaban J connectivity index is 0.00000133. The molecule has 0 radical (unpaired) electrons. The summed E-state index contributed by atoms with van der Waals surface area (Å²) in [6.45, 7) is 3.89. The minimum atomic E-state index is 0. The summed E-state index contributed by atoms with van der Waals surface area (Å²) >= 11 is 0. The predicted molar refractivity (Wildman–Crippen MR) is 75.4 cm³/mol. The van der Waals surface area contributed by atoms with E-state index in [0.29, 0.717) is 5.82 Å². The molecule has 2 aromatic heterocycles. The zero-order chi connectivity index (χ0) is 12.7. The third kappa shape index (κ3) is 2.35. The van der Waals surface area contributed by atoms with E-state index in [4.69, 9.17) is 0 Å². The normalized spacial score (nSPS) is 13.8. The van der Waals surface area contributed by atoms with Gasteiger partial charge in [-0.3, -0.25) is 0 Å². The molecule has 2 aromatic rings. The van der Waals surface area contributed by atoms with Gasteiger partial charge in [0.1, 0.15) is 6.20 Å². The lowest BCUT2D eigenvalue weighted by atomic mass is 9.99. The smallest absolute Gasteiger partial charge is 0.312 e. The van der Waals surface area contributed by atoms with Crippen LogP contribution in [0.1, 0.15) is 42.7 Å². The van der Waals surface area contributed by atoms with Crippen molar-refractivity contribution < 1.29 is 4.73 Å². The lowest BCUT2D eigenvalue weighted by Crippen LogP contribution is -2.33. The maximum atomic E-state index is 12.0. The van der Waals surface area contributed by atoms with Gasteiger partial charge in [-0.2, -0.15) is 0 Å². The highest BCUT2D eigenvalue weighted by Crippen LogP contribution is 2.21. The second-order valence-corrected chi connectivity index (χ2v) is 5.10. The van der Waals surface area contributed by atoms with Gasteiger partial charge in [0, 0.05) is 11.1 Å². The Morgan fingerprint density at radius 3 is 2.68 bits per heavy atom. The molecule has 0 fully saturated rings. The van der Waals surface area contributed by atoms with E-state index >= 15 is 0 Å². The Labute approximate surface area is 114 Å². The molecule has 19 heavy (non-hydrogen) atoms. The molecule has 0 N–H and O–H groups in total. The van der Waals surface area contributed by atoms with Crippen LogP contribution in [0.2, 0.25) is 0 Å². The largest absolute Gasteiger partial charge is 0.711 e. The van der Waals surface area contributed by atoms with Crippen LogP contribution in [0, 0.1) is 19.1 Å². The van der Waals surface area contributed by atoms with Crippen LogP contribution >= 0.6 is 0 Å². The first-order valence-corrected chi connectivity index (χ1v) is 6.43. The maximum absolute atomic E-state index is 12.0. The van der Waals surface area contributed by atoms with Gasteiger partial charge in [-0.15, -0.1) is 4.68 Å². The summed E-state index contributed by atoms with van der Waals surface area (Å²) in [6, 6.07) is 2.02. The van der Waals surface area contributed by atoms with Crippen molar-refractivity contribution in [1.82, 2.24) is 9.78 Å². The molecule has 0 bridgehead atoms. The number of hydrogen-bond donors (Lipinski definition) is 0. The zero-order valence-corrected chi connectivity index (χ0v) is 10.8. The van der Waals surface area contributed by atoms with Gasteiger partial charge in [-0.05, 0) is 51.2 Å². The van der Waals surface area contributed by atoms with Gasteiger partial charge in [0.25, 0.3) is 0 Å². The number of rotatable bonds is 1. The van der Waals surface area contributed by atoms with Crippen LogP contribution in [0.4, 0.5) is 0 Å². The summed E-state index contributed by atoms with van der Waals surface area (Å²) in [5, 5.41) is 16.6. The Bertz CT molecular complexity index is 555. The quantitative estimate of drug-likeness (QED) is 0.584. The fraction of sp³-hybridized carbons (Fsp3) is 0.467. The summed E-state index contributed by atoms with van der Waals surface area (Å²) in [5.41, 5.74) is 4.38. The van der Waals surface area contributed by atoms with Crippen molar-refractivity contribution in [3.05, 3.63) is 46.1 Å². The van der Waals surface area contributed by atoms with Crippen molar-refractivity contribution >= 4 is 0 Å². The van der Waals surface area contributed by atoms with Crippen LogP contribution in [-0.4, -0.2) is 9.78 Å². The van der Waals surface area contributed by atoms with Crippen molar-refractivity contribution in [3.8, 4) is 5.82 Å². The van der Waals surface area contributed by atoms with Crippen LogP contribution in [-0.2, 0) is 12.8 Å². The van der Waals surface area contributed by atoms with Gasteiger partial charge in [0.15, 0.2) is 0 Å². The fourth-order valence-electron chi connectivity index (χ4n) is 2.73. The third-order valence-electron chi connectivity index (χ3n) is 3.53. The topological polar surface area (TPSA) is 44.8 Å². The molecule has 3 rings (SSSR count). The summed E-state index contributed by atoms with van der Waals surface area (Å²) in [7, 11) is 0. The van der Waals surface area contributed by atoms with Gasteiger partial charge >= 0.3 is 5.82 Å². The van der Waals surface area contributed by atoms with Crippen molar-refractivity contribution in [1.29, 1.82) is 0 Å². The average Bonchev–Trinajstić information content (AvgIpc) is 2.70. The standard InChI is InChI=1S/C14H17N3O.CH4/c1-10-7-11(2)14(17(18)8-10)16-9-12-5-3-4-6-13(12)15-16;/h7-9H,3-6H2,1-2H3;1H4. The van der Waals surface area contributed by atoms with Gasteiger partial charge in [0.05, 0.1) is 11.9 Å². The van der Waals surface area contributed by atoms with Crippen molar-refractivity contribution in [2.75, 3.05) is 0 Å². The second-order valence-electron chi connectivity index (χ2n) is 5.10. The fourth-order valence-corrected chi connectivity index (χ4v) is 2.73. The molecule has 0 amide bonds. The minimum absolute atomic E-state index is 0. The van der Waals surface area contributed by atoms with Crippen LogP contribution < -0.4 is 4.73 Å². The van der Waals surface area contributed by atoms with E-state index in [1.807, 2.05) is 26.1 Å². The number of hydrogen-bond acceptors (Lipinski definition) is 2. The SMILES string of the molecule is C.Cc1cc(C)c(-n2cc3c(n2)CCCC3)[n+]([O-])c1. The molecule has 1 aliphatic rings. The molecule has 0 spiro atoms. The molecule has 0 saturated heterocycles. The van der Waals surface area contributed by atoms with Crippen LogP contribution in [0.3, 0.4) is 0 Å². The molecule has 0 aliphatic heterocycles. The molecular weight excluding hydrogens is 238 g/mol. The van der Waals surface area contributed by atoms with Gasteiger partial charge in [-0.1, -0.05) is 12.5 Å². The molecule has 2 heterocycles.